The molecule has 0 aliphatic carbocycles. The highest BCUT2D eigenvalue weighted by Gasteiger charge is 2.12. The van der Waals surface area contributed by atoms with Crippen LogP contribution in [0.15, 0.2) is 52.7 Å². The molecule has 0 aliphatic rings. The summed E-state index contributed by atoms with van der Waals surface area (Å²) in [6.45, 7) is 0. The molecule has 1 aromatic heterocycles. The molecule has 0 spiro atoms. The molecule has 9 nitrogen and oxygen atoms in total. The average molecular weight is 371 g/mol. The molecule has 26 heavy (non-hydrogen) atoms. The second kappa shape index (κ2) is 7.66. The summed E-state index contributed by atoms with van der Waals surface area (Å²) in [7, 11) is 0. The predicted molar refractivity (Wildman–Crippen MR) is 97.3 cm³/mol. The Kier molecular flexibility index (Phi) is 5.13. The first-order chi connectivity index (χ1) is 12.5. The predicted octanol–water partition coefficient (Wildman–Crippen LogP) is 2.42. The molecule has 132 valence electrons. The van der Waals surface area contributed by atoms with Gasteiger partial charge in [-0.05, 0) is 24.3 Å². The number of rotatable bonds is 6. The number of hydrazone groups is 1. The Morgan fingerprint density at radius 3 is 2.96 bits per heavy atom. The maximum Gasteiger partial charge on any atom is 0.311 e. The minimum Gasteiger partial charge on any atom is -0.502 e. The molecule has 1 heterocycles. The molecular weight excluding hydrogens is 358 g/mol. The first-order valence-electron chi connectivity index (χ1n) is 7.40. The van der Waals surface area contributed by atoms with Gasteiger partial charge in [0.2, 0.25) is 0 Å². The molecule has 0 bridgehead atoms. The molecular formula is C16H13N5O4S. The standard InChI is InChI=1S/C16H13N5O4S/c22-14-6-5-10(7-13(14)21(24)25)8-17-20-15(23)9-26-16-18-11-3-1-2-4-12(11)19-16/h1-8,22H,9H2,(H,18,19)(H,20,23)/b17-8+. The number of fused-ring (bicyclic) bond motifs is 1. The first kappa shape index (κ1) is 17.4. The smallest absolute Gasteiger partial charge is 0.311 e. The van der Waals surface area contributed by atoms with Gasteiger partial charge in [-0.25, -0.2) is 10.4 Å². The Balaban J connectivity index is 1.54. The highest BCUT2D eigenvalue weighted by molar-refractivity contribution is 7.99. The Hall–Kier alpha value is -3.40. The van der Waals surface area contributed by atoms with Gasteiger partial charge in [0.05, 0.1) is 27.9 Å². The molecule has 0 saturated carbocycles. The third-order valence-corrected chi connectivity index (χ3v) is 4.18. The van der Waals surface area contributed by atoms with Crippen molar-refractivity contribution in [2.45, 2.75) is 5.16 Å². The van der Waals surface area contributed by atoms with E-state index >= 15 is 0 Å². The maximum absolute atomic E-state index is 11.8. The van der Waals surface area contributed by atoms with Crippen LogP contribution in [0.2, 0.25) is 0 Å². The van der Waals surface area contributed by atoms with Crippen LogP contribution in [0.25, 0.3) is 11.0 Å². The Morgan fingerprint density at radius 1 is 1.38 bits per heavy atom. The fourth-order valence-corrected chi connectivity index (χ4v) is 2.79. The lowest BCUT2D eigenvalue weighted by Gasteiger charge is -1.99. The molecule has 1 amide bonds. The van der Waals surface area contributed by atoms with Crippen LogP contribution in [-0.2, 0) is 4.79 Å². The van der Waals surface area contributed by atoms with E-state index < -0.39 is 16.4 Å². The number of hydrogen-bond acceptors (Lipinski definition) is 7. The number of nitro benzene ring substituents is 1. The van der Waals surface area contributed by atoms with Gasteiger partial charge >= 0.3 is 5.69 Å². The van der Waals surface area contributed by atoms with E-state index in [1.165, 1.54) is 30.1 Å². The van der Waals surface area contributed by atoms with E-state index in [1.807, 2.05) is 24.3 Å². The van der Waals surface area contributed by atoms with Crippen LogP contribution in [0.4, 0.5) is 5.69 Å². The minimum absolute atomic E-state index is 0.104. The van der Waals surface area contributed by atoms with E-state index in [4.69, 9.17) is 0 Å². The number of aromatic nitrogens is 2. The number of nitrogens with one attached hydrogen (secondary N) is 2. The second-order valence-electron chi connectivity index (χ2n) is 5.15. The zero-order valence-corrected chi connectivity index (χ0v) is 14.1. The van der Waals surface area contributed by atoms with Crippen LogP contribution in [0.5, 0.6) is 5.75 Å². The van der Waals surface area contributed by atoms with Crippen molar-refractivity contribution in [1.29, 1.82) is 0 Å². The van der Waals surface area contributed by atoms with Crippen LogP contribution in [-0.4, -0.2) is 37.9 Å². The monoisotopic (exact) mass is 371 g/mol. The number of aromatic hydroxyl groups is 1. The lowest BCUT2D eigenvalue weighted by molar-refractivity contribution is -0.385. The number of H-pyrrole nitrogens is 1. The van der Waals surface area contributed by atoms with Crippen LogP contribution in [0.1, 0.15) is 5.56 Å². The minimum atomic E-state index is -0.699. The molecule has 3 rings (SSSR count). The van der Waals surface area contributed by atoms with Crippen molar-refractivity contribution in [1.82, 2.24) is 15.4 Å². The number of carbonyl (C=O) groups is 1. The van der Waals surface area contributed by atoms with Crippen molar-refractivity contribution in [3.05, 3.63) is 58.1 Å². The summed E-state index contributed by atoms with van der Waals surface area (Å²) in [6, 6.07) is 11.3. The van der Waals surface area contributed by atoms with Gasteiger partial charge in [-0.2, -0.15) is 5.10 Å². The van der Waals surface area contributed by atoms with Gasteiger partial charge in [-0.15, -0.1) is 0 Å². The summed E-state index contributed by atoms with van der Waals surface area (Å²) in [4.78, 5) is 29.3. The number of carbonyl (C=O) groups excluding carboxylic acids is 1. The number of amides is 1. The van der Waals surface area contributed by atoms with Gasteiger partial charge in [0, 0.05) is 11.6 Å². The Bertz CT molecular complexity index is 968. The van der Waals surface area contributed by atoms with Crippen molar-refractivity contribution in [3.63, 3.8) is 0 Å². The lowest BCUT2D eigenvalue weighted by Crippen LogP contribution is -2.19. The Morgan fingerprint density at radius 2 is 2.19 bits per heavy atom. The average Bonchev–Trinajstić information content (AvgIpc) is 3.04. The molecule has 0 aliphatic heterocycles. The number of benzene rings is 2. The summed E-state index contributed by atoms with van der Waals surface area (Å²) >= 11 is 1.23. The third kappa shape index (κ3) is 4.16. The van der Waals surface area contributed by atoms with Crippen molar-refractivity contribution < 1.29 is 14.8 Å². The summed E-state index contributed by atoms with van der Waals surface area (Å²) < 4.78 is 0. The van der Waals surface area contributed by atoms with Gasteiger partial charge in [-0.3, -0.25) is 14.9 Å². The van der Waals surface area contributed by atoms with E-state index in [0.717, 1.165) is 17.1 Å². The number of nitro groups is 1. The van der Waals surface area contributed by atoms with Crippen molar-refractivity contribution in [3.8, 4) is 5.75 Å². The number of nitrogens with zero attached hydrogens (tertiary/aromatic N) is 3. The zero-order valence-electron chi connectivity index (χ0n) is 13.2. The topological polar surface area (TPSA) is 134 Å². The summed E-state index contributed by atoms with van der Waals surface area (Å²) in [6.07, 6.45) is 1.26. The van der Waals surface area contributed by atoms with E-state index in [-0.39, 0.29) is 11.7 Å². The molecule has 0 radical (unpaired) electrons. The fourth-order valence-electron chi connectivity index (χ4n) is 2.11. The second-order valence-corrected chi connectivity index (χ2v) is 6.11. The molecule has 2 aromatic carbocycles. The molecule has 0 unspecified atom stereocenters. The number of phenolic OH excluding ortho intramolecular Hbond substituents is 1. The lowest BCUT2D eigenvalue weighted by atomic mass is 10.2. The largest absolute Gasteiger partial charge is 0.502 e. The van der Waals surface area contributed by atoms with E-state index in [1.54, 1.807) is 0 Å². The van der Waals surface area contributed by atoms with Gasteiger partial charge in [0.1, 0.15) is 0 Å². The maximum atomic E-state index is 11.8. The van der Waals surface area contributed by atoms with Crippen LogP contribution in [0.3, 0.4) is 0 Å². The molecule has 0 saturated heterocycles. The quantitative estimate of drug-likeness (QED) is 0.264. The van der Waals surface area contributed by atoms with Crippen LogP contribution < -0.4 is 5.43 Å². The SMILES string of the molecule is O=C(CSc1nc2ccccc2[nH]1)N/N=C/c1ccc(O)c([N+](=O)[O-])c1. The summed E-state index contributed by atoms with van der Waals surface area (Å²) in [5, 5.41) is 24.5. The van der Waals surface area contributed by atoms with Crippen LogP contribution >= 0.6 is 11.8 Å². The molecule has 0 fully saturated rings. The van der Waals surface area contributed by atoms with E-state index in [0.29, 0.717) is 10.7 Å². The number of para-hydroxylation sites is 2. The van der Waals surface area contributed by atoms with Gasteiger partial charge in [0.15, 0.2) is 10.9 Å². The number of thioether (sulfide) groups is 1. The van der Waals surface area contributed by atoms with Crippen molar-refractivity contribution in [2.75, 3.05) is 5.75 Å². The molecule has 3 N–H and O–H groups in total. The molecule has 10 heteroatoms. The number of phenols is 1. The van der Waals surface area contributed by atoms with Gasteiger partial charge in [0.25, 0.3) is 5.91 Å². The molecule has 0 atom stereocenters. The summed E-state index contributed by atoms with van der Waals surface area (Å²) in [5.41, 5.74) is 3.99. The van der Waals surface area contributed by atoms with Crippen molar-refractivity contribution in [2.24, 2.45) is 5.10 Å². The van der Waals surface area contributed by atoms with E-state index in [9.17, 15) is 20.0 Å². The normalized spacial score (nSPS) is 11.1. The third-order valence-electron chi connectivity index (χ3n) is 3.31. The van der Waals surface area contributed by atoms with Gasteiger partial charge in [-0.1, -0.05) is 23.9 Å². The highest BCUT2D eigenvalue weighted by atomic mass is 32.2. The number of hydrogen-bond donors (Lipinski definition) is 3. The van der Waals surface area contributed by atoms with Crippen molar-refractivity contribution >= 4 is 40.6 Å². The molecule has 3 aromatic rings. The Labute approximate surface area is 151 Å². The van der Waals surface area contributed by atoms with Gasteiger partial charge < -0.3 is 10.1 Å². The highest BCUT2D eigenvalue weighted by Crippen LogP contribution is 2.25. The number of aromatic amines is 1. The zero-order chi connectivity index (χ0) is 18.5. The van der Waals surface area contributed by atoms with E-state index in [2.05, 4.69) is 20.5 Å². The van der Waals surface area contributed by atoms with Crippen LogP contribution in [0, 0.1) is 10.1 Å². The number of imidazole rings is 1. The fraction of sp³-hybridized carbons (Fsp3) is 0.0625. The first-order valence-corrected chi connectivity index (χ1v) is 8.38. The summed E-state index contributed by atoms with van der Waals surface area (Å²) in [5.74, 6) is -0.675.